The van der Waals surface area contributed by atoms with E-state index in [0.717, 1.165) is 0 Å². The lowest BCUT2D eigenvalue weighted by Gasteiger charge is -2.07. The Kier molecular flexibility index (Phi) is 3.84. The van der Waals surface area contributed by atoms with Crippen LogP contribution in [-0.2, 0) is 0 Å². The van der Waals surface area contributed by atoms with Crippen LogP contribution in [0.2, 0.25) is 0 Å². The van der Waals surface area contributed by atoms with Crippen molar-refractivity contribution in [3.05, 3.63) is 29.3 Å². The molecule has 0 fully saturated rings. The van der Waals surface area contributed by atoms with Crippen molar-refractivity contribution < 1.29 is 19.8 Å². The lowest BCUT2D eigenvalue weighted by Crippen LogP contribution is -2.28. The third-order valence-corrected chi connectivity index (χ3v) is 1.92. The highest BCUT2D eigenvalue weighted by atomic mass is 16.4. The molecule has 6 heteroatoms. The molecule has 1 aromatic carbocycles. The second kappa shape index (κ2) is 5.13. The molecule has 0 aliphatic rings. The summed E-state index contributed by atoms with van der Waals surface area (Å²) in [6, 6.07) is 4.00. The topological polar surface area (TPSA) is 113 Å². The van der Waals surface area contributed by atoms with Crippen molar-refractivity contribution in [2.45, 2.75) is 0 Å². The van der Waals surface area contributed by atoms with Crippen LogP contribution in [-0.4, -0.2) is 35.2 Å². The van der Waals surface area contributed by atoms with Gasteiger partial charge in [-0.25, -0.2) is 4.79 Å². The van der Waals surface area contributed by atoms with Gasteiger partial charge in [0.05, 0.1) is 17.7 Å². The summed E-state index contributed by atoms with van der Waals surface area (Å²) in [5.41, 5.74) is 5.57. The molecule has 0 radical (unpaired) electrons. The number of aliphatic hydroxyl groups is 1. The van der Waals surface area contributed by atoms with E-state index in [1.54, 1.807) is 0 Å². The Morgan fingerprint density at radius 3 is 2.56 bits per heavy atom. The summed E-state index contributed by atoms with van der Waals surface area (Å²) in [6.07, 6.45) is 0. The second-order valence-electron chi connectivity index (χ2n) is 3.09. The molecular weight excluding hydrogens is 212 g/mol. The van der Waals surface area contributed by atoms with Crippen LogP contribution in [0.1, 0.15) is 20.7 Å². The summed E-state index contributed by atoms with van der Waals surface area (Å²) in [5, 5.41) is 19.8. The monoisotopic (exact) mass is 224 g/mol. The quantitative estimate of drug-likeness (QED) is 0.524. The first-order valence-electron chi connectivity index (χ1n) is 4.58. The van der Waals surface area contributed by atoms with Crippen molar-refractivity contribution in [3.63, 3.8) is 0 Å². The molecule has 16 heavy (non-hydrogen) atoms. The van der Waals surface area contributed by atoms with Crippen LogP contribution in [0.4, 0.5) is 5.69 Å². The van der Waals surface area contributed by atoms with Crippen LogP contribution in [0, 0.1) is 0 Å². The zero-order valence-electron chi connectivity index (χ0n) is 8.43. The van der Waals surface area contributed by atoms with Gasteiger partial charge in [0.1, 0.15) is 0 Å². The molecule has 0 bridgehead atoms. The maximum absolute atomic E-state index is 11.5. The van der Waals surface area contributed by atoms with Gasteiger partial charge < -0.3 is 21.3 Å². The average Bonchev–Trinajstić information content (AvgIpc) is 2.25. The van der Waals surface area contributed by atoms with Crippen molar-refractivity contribution in [1.29, 1.82) is 0 Å². The Bertz CT molecular complexity index is 417. The van der Waals surface area contributed by atoms with Gasteiger partial charge in [0.25, 0.3) is 5.91 Å². The number of aliphatic hydroxyl groups excluding tert-OH is 1. The fourth-order valence-corrected chi connectivity index (χ4v) is 1.20. The van der Waals surface area contributed by atoms with Crippen LogP contribution in [0.3, 0.4) is 0 Å². The molecule has 1 aromatic rings. The summed E-state index contributed by atoms with van der Waals surface area (Å²) in [7, 11) is 0. The zero-order chi connectivity index (χ0) is 12.1. The molecule has 6 nitrogen and oxygen atoms in total. The molecule has 0 aliphatic carbocycles. The molecule has 0 atom stereocenters. The summed E-state index contributed by atoms with van der Waals surface area (Å²) in [5.74, 6) is -1.77. The van der Waals surface area contributed by atoms with E-state index in [1.165, 1.54) is 18.2 Å². The number of nitrogens with two attached hydrogens (primary N) is 1. The minimum absolute atomic E-state index is 0.0233. The Hall–Kier alpha value is -2.08. The van der Waals surface area contributed by atoms with E-state index >= 15 is 0 Å². The number of aromatic carboxylic acids is 1. The van der Waals surface area contributed by atoms with Crippen LogP contribution in [0.15, 0.2) is 18.2 Å². The van der Waals surface area contributed by atoms with Crippen LogP contribution < -0.4 is 11.1 Å². The molecule has 0 unspecified atom stereocenters. The van der Waals surface area contributed by atoms with Gasteiger partial charge in [-0.3, -0.25) is 4.79 Å². The Labute approximate surface area is 91.7 Å². The highest BCUT2D eigenvalue weighted by Gasteiger charge is 2.16. The van der Waals surface area contributed by atoms with E-state index in [9.17, 15) is 9.59 Å². The van der Waals surface area contributed by atoms with Gasteiger partial charge >= 0.3 is 5.97 Å². The molecule has 86 valence electrons. The molecular formula is C10H12N2O4. The molecule has 0 aliphatic heterocycles. The number of benzene rings is 1. The van der Waals surface area contributed by atoms with E-state index in [0.29, 0.717) is 0 Å². The van der Waals surface area contributed by atoms with Crippen LogP contribution in [0.5, 0.6) is 0 Å². The number of rotatable bonds is 4. The van der Waals surface area contributed by atoms with E-state index in [1.807, 2.05) is 0 Å². The van der Waals surface area contributed by atoms with Gasteiger partial charge in [-0.2, -0.15) is 0 Å². The number of carboxylic acid groups (broad SMARTS) is 1. The van der Waals surface area contributed by atoms with E-state index < -0.39 is 11.9 Å². The summed E-state index contributed by atoms with van der Waals surface area (Å²) >= 11 is 0. The van der Waals surface area contributed by atoms with E-state index in [2.05, 4.69) is 5.32 Å². The normalized spacial score (nSPS) is 9.81. The van der Waals surface area contributed by atoms with E-state index in [4.69, 9.17) is 15.9 Å². The van der Waals surface area contributed by atoms with Crippen molar-refractivity contribution in [3.8, 4) is 0 Å². The number of hydrogen-bond acceptors (Lipinski definition) is 4. The van der Waals surface area contributed by atoms with Gasteiger partial charge in [-0.1, -0.05) is 0 Å². The average molecular weight is 224 g/mol. The molecule has 0 saturated carbocycles. The summed E-state index contributed by atoms with van der Waals surface area (Å²) < 4.78 is 0. The van der Waals surface area contributed by atoms with Gasteiger partial charge in [-0.05, 0) is 18.2 Å². The van der Waals surface area contributed by atoms with Crippen LogP contribution >= 0.6 is 0 Å². The lowest BCUT2D eigenvalue weighted by molar-refractivity contribution is 0.0691. The maximum atomic E-state index is 11.5. The molecule has 0 heterocycles. The SMILES string of the molecule is Nc1ccc(C(=O)NCCO)c(C(=O)O)c1. The van der Waals surface area contributed by atoms with Gasteiger partial charge in [0, 0.05) is 12.2 Å². The first-order chi connectivity index (χ1) is 7.56. The minimum Gasteiger partial charge on any atom is -0.478 e. The number of carbonyl (C=O) groups is 2. The number of nitrogen functional groups attached to an aromatic ring is 1. The molecule has 1 rings (SSSR count). The third kappa shape index (κ3) is 2.71. The number of anilines is 1. The first kappa shape index (κ1) is 12.0. The predicted octanol–water partition coefficient (Wildman–Crippen LogP) is -0.311. The number of carbonyl (C=O) groups excluding carboxylic acids is 1. The van der Waals surface area contributed by atoms with E-state index in [-0.39, 0.29) is 30.0 Å². The number of hydrogen-bond donors (Lipinski definition) is 4. The number of amides is 1. The smallest absolute Gasteiger partial charge is 0.336 e. The van der Waals surface area contributed by atoms with Crippen molar-refractivity contribution in [2.24, 2.45) is 0 Å². The molecule has 0 aromatic heterocycles. The third-order valence-electron chi connectivity index (χ3n) is 1.92. The molecule has 0 spiro atoms. The number of carboxylic acids is 1. The first-order valence-corrected chi connectivity index (χ1v) is 4.58. The molecule has 5 N–H and O–H groups in total. The zero-order valence-corrected chi connectivity index (χ0v) is 8.43. The second-order valence-corrected chi connectivity index (χ2v) is 3.09. The van der Waals surface area contributed by atoms with Gasteiger partial charge in [0.15, 0.2) is 0 Å². The summed E-state index contributed by atoms with van der Waals surface area (Å²) in [4.78, 5) is 22.4. The minimum atomic E-state index is -1.22. The van der Waals surface area contributed by atoms with Crippen molar-refractivity contribution in [1.82, 2.24) is 5.32 Å². The maximum Gasteiger partial charge on any atom is 0.336 e. The molecule has 0 saturated heterocycles. The Morgan fingerprint density at radius 2 is 2.00 bits per heavy atom. The van der Waals surface area contributed by atoms with Crippen LogP contribution in [0.25, 0.3) is 0 Å². The highest BCUT2D eigenvalue weighted by molar-refractivity contribution is 6.05. The largest absolute Gasteiger partial charge is 0.478 e. The Morgan fingerprint density at radius 1 is 1.31 bits per heavy atom. The predicted molar refractivity (Wildman–Crippen MR) is 57.2 cm³/mol. The number of nitrogens with one attached hydrogen (secondary N) is 1. The lowest BCUT2D eigenvalue weighted by atomic mass is 10.1. The molecule has 1 amide bonds. The van der Waals surface area contributed by atoms with Crippen molar-refractivity contribution in [2.75, 3.05) is 18.9 Å². The summed E-state index contributed by atoms with van der Waals surface area (Å²) in [6.45, 7) is -0.134. The van der Waals surface area contributed by atoms with Gasteiger partial charge in [0.2, 0.25) is 0 Å². The fourth-order valence-electron chi connectivity index (χ4n) is 1.20. The van der Waals surface area contributed by atoms with Gasteiger partial charge in [-0.15, -0.1) is 0 Å². The Balaban J connectivity index is 3.03. The standard InChI is InChI=1S/C10H12N2O4/c11-6-1-2-7(8(5-6)10(15)16)9(14)12-3-4-13/h1-2,5,13H,3-4,11H2,(H,12,14)(H,15,16). The van der Waals surface area contributed by atoms with Crippen molar-refractivity contribution >= 4 is 17.6 Å². The fraction of sp³-hybridized carbons (Fsp3) is 0.200. The highest BCUT2D eigenvalue weighted by Crippen LogP contribution is 2.13.